The van der Waals surface area contributed by atoms with Gasteiger partial charge in [-0.15, -0.1) is 11.3 Å². The summed E-state index contributed by atoms with van der Waals surface area (Å²) in [4.78, 5) is 13.2. The van der Waals surface area contributed by atoms with Crippen LogP contribution in [0.15, 0.2) is 70.9 Å². The molecule has 0 spiro atoms. The standard InChI is InChI=1S/C24H25NO5S2/c1-30-19-9-11-20(12-10-19)32(28,29)25-16-18(8-7-17-5-3-2-4-6-17)21-13-14-31-23(21)15-22(25)24(26)27/h2-6,9-14,18,22H,7-8,15-16H2,1H3,(H,26,27)/t18-,22-/m0/s1. The third kappa shape index (κ3) is 4.57. The Balaban J connectivity index is 1.69. The van der Waals surface area contributed by atoms with Gasteiger partial charge in [-0.3, -0.25) is 4.79 Å². The Kier molecular flexibility index (Phi) is 6.64. The van der Waals surface area contributed by atoms with Gasteiger partial charge in [-0.05, 0) is 65.6 Å². The van der Waals surface area contributed by atoms with Gasteiger partial charge < -0.3 is 9.84 Å². The number of aliphatic carboxylic acids is 1. The van der Waals surface area contributed by atoms with E-state index in [0.29, 0.717) is 5.75 Å². The fourth-order valence-corrected chi connectivity index (χ4v) is 6.82. The number of carboxylic acid groups (broad SMARTS) is 1. The van der Waals surface area contributed by atoms with E-state index in [1.807, 2.05) is 29.6 Å². The fourth-order valence-electron chi connectivity index (χ4n) is 4.19. The molecule has 0 fully saturated rings. The predicted molar refractivity (Wildman–Crippen MR) is 124 cm³/mol. The summed E-state index contributed by atoms with van der Waals surface area (Å²) in [5, 5.41) is 11.9. The summed E-state index contributed by atoms with van der Waals surface area (Å²) in [5.74, 6) is -0.684. The summed E-state index contributed by atoms with van der Waals surface area (Å²) in [6.45, 7) is 0.127. The smallest absolute Gasteiger partial charge is 0.322 e. The van der Waals surface area contributed by atoms with Crippen LogP contribution in [0.1, 0.15) is 28.3 Å². The van der Waals surface area contributed by atoms with E-state index in [-0.39, 0.29) is 23.8 Å². The number of thiophene rings is 1. The fraction of sp³-hybridized carbons (Fsp3) is 0.292. The van der Waals surface area contributed by atoms with Gasteiger partial charge >= 0.3 is 5.97 Å². The van der Waals surface area contributed by atoms with Crippen molar-refractivity contribution in [3.8, 4) is 5.75 Å². The van der Waals surface area contributed by atoms with E-state index in [1.54, 1.807) is 12.1 Å². The quantitative estimate of drug-likeness (QED) is 0.559. The second-order valence-corrected chi connectivity index (χ2v) is 10.7. The average Bonchev–Trinajstić information content (AvgIpc) is 3.20. The van der Waals surface area contributed by atoms with Gasteiger partial charge in [-0.2, -0.15) is 4.31 Å². The number of fused-ring (bicyclic) bond motifs is 1. The topological polar surface area (TPSA) is 83.9 Å². The molecule has 0 saturated heterocycles. The Morgan fingerprint density at radius 1 is 1.12 bits per heavy atom. The van der Waals surface area contributed by atoms with Crippen LogP contribution in [0, 0.1) is 0 Å². The van der Waals surface area contributed by atoms with Gasteiger partial charge in [0.25, 0.3) is 0 Å². The first-order valence-electron chi connectivity index (χ1n) is 10.4. The minimum absolute atomic E-state index is 0.0663. The maximum Gasteiger partial charge on any atom is 0.322 e. The number of carboxylic acids is 1. The largest absolute Gasteiger partial charge is 0.497 e. The number of hydrogen-bond acceptors (Lipinski definition) is 5. The van der Waals surface area contributed by atoms with E-state index in [4.69, 9.17) is 4.74 Å². The highest BCUT2D eigenvalue weighted by Crippen LogP contribution is 2.37. The lowest BCUT2D eigenvalue weighted by Gasteiger charge is -2.28. The van der Waals surface area contributed by atoms with Crippen molar-refractivity contribution >= 4 is 27.3 Å². The van der Waals surface area contributed by atoms with Crippen LogP contribution >= 0.6 is 11.3 Å². The van der Waals surface area contributed by atoms with Crippen molar-refractivity contribution in [2.24, 2.45) is 0 Å². The first-order chi connectivity index (χ1) is 15.4. The molecule has 8 heteroatoms. The molecule has 1 aromatic heterocycles. The number of benzene rings is 2. The Hall–Kier alpha value is -2.68. The maximum absolute atomic E-state index is 13.6. The molecule has 0 unspecified atom stereocenters. The van der Waals surface area contributed by atoms with Crippen LogP contribution in [-0.2, 0) is 27.7 Å². The van der Waals surface area contributed by atoms with Crippen LogP contribution in [0.3, 0.4) is 0 Å². The Bertz CT molecular complexity index is 1170. The van der Waals surface area contributed by atoms with Crippen LogP contribution in [0.2, 0.25) is 0 Å². The first kappa shape index (κ1) is 22.5. The van der Waals surface area contributed by atoms with Crippen molar-refractivity contribution in [3.05, 3.63) is 82.0 Å². The van der Waals surface area contributed by atoms with E-state index in [0.717, 1.165) is 23.3 Å². The summed E-state index contributed by atoms with van der Waals surface area (Å²) in [6, 6.07) is 17.0. The van der Waals surface area contributed by atoms with E-state index in [2.05, 4.69) is 12.1 Å². The zero-order valence-corrected chi connectivity index (χ0v) is 19.3. The van der Waals surface area contributed by atoms with Gasteiger partial charge in [-0.1, -0.05) is 30.3 Å². The molecule has 3 aromatic rings. The molecular weight excluding hydrogens is 446 g/mol. The van der Waals surface area contributed by atoms with Crippen molar-refractivity contribution in [1.82, 2.24) is 4.31 Å². The molecule has 0 amide bonds. The Labute approximate surface area is 192 Å². The zero-order chi connectivity index (χ0) is 22.7. The molecule has 1 aliphatic rings. The molecule has 32 heavy (non-hydrogen) atoms. The normalized spacial score (nSPS) is 19.2. The van der Waals surface area contributed by atoms with Gasteiger partial charge in [0.2, 0.25) is 10.0 Å². The lowest BCUT2D eigenvalue weighted by atomic mass is 9.93. The van der Waals surface area contributed by atoms with E-state index in [1.165, 1.54) is 40.4 Å². The second kappa shape index (κ2) is 9.44. The Morgan fingerprint density at radius 3 is 2.50 bits per heavy atom. The summed E-state index contributed by atoms with van der Waals surface area (Å²) < 4.78 is 33.5. The number of rotatable bonds is 7. The highest BCUT2D eigenvalue weighted by Gasteiger charge is 2.41. The number of ether oxygens (including phenoxy) is 1. The highest BCUT2D eigenvalue weighted by molar-refractivity contribution is 7.89. The first-order valence-corrected chi connectivity index (χ1v) is 12.7. The molecule has 4 rings (SSSR count). The molecule has 6 nitrogen and oxygen atoms in total. The molecule has 2 aromatic carbocycles. The number of sulfonamides is 1. The third-order valence-electron chi connectivity index (χ3n) is 5.92. The molecule has 0 radical (unpaired) electrons. The van der Waals surface area contributed by atoms with Crippen LogP contribution in [0.25, 0.3) is 0 Å². The molecule has 1 N–H and O–H groups in total. The highest BCUT2D eigenvalue weighted by atomic mass is 32.2. The molecule has 0 bridgehead atoms. The van der Waals surface area contributed by atoms with Crippen molar-refractivity contribution in [2.45, 2.75) is 36.1 Å². The number of aryl methyl sites for hydroxylation is 1. The maximum atomic E-state index is 13.6. The SMILES string of the molecule is COc1ccc(S(=O)(=O)N2C[C@H](CCc3ccccc3)c3ccsc3C[C@H]2C(=O)O)cc1. The van der Waals surface area contributed by atoms with Gasteiger partial charge in [0.05, 0.1) is 12.0 Å². The summed E-state index contributed by atoms with van der Waals surface area (Å²) in [5.41, 5.74) is 2.23. The van der Waals surface area contributed by atoms with Crippen molar-refractivity contribution < 1.29 is 23.1 Å². The minimum Gasteiger partial charge on any atom is -0.497 e. The number of hydrogen-bond donors (Lipinski definition) is 1. The Morgan fingerprint density at radius 2 is 1.84 bits per heavy atom. The van der Waals surface area contributed by atoms with E-state index < -0.39 is 22.0 Å². The number of carbonyl (C=O) groups is 1. The van der Waals surface area contributed by atoms with Crippen LogP contribution in [0.4, 0.5) is 0 Å². The number of nitrogens with zero attached hydrogens (tertiary/aromatic N) is 1. The third-order valence-corrected chi connectivity index (χ3v) is 8.77. The van der Waals surface area contributed by atoms with Gasteiger partial charge in [0, 0.05) is 17.8 Å². The van der Waals surface area contributed by atoms with E-state index >= 15 is 0 Å². The van der Waals surface area contributed by atoms with Gasteiger partial charge in [-0.25, -0.2) is 8.42 Å². The van der Waals surface area contributed by atoms with Crippen molar-refractivity contribution in [3.63, 3.8) is 0 Å². The summed E-state index contributed by atoms with van der Waals surface area (Å²) in [6.07, 6.45) is 1.68. The average molecular weight is 472 g/mol. The zero-order valence-electron chi connectivity index (χ0n) is 17.7. The molecular formula is C24H25NO5S2. The predicted octanol–water partition coefficient (Wildman–Crippen LogP) is 4.17. The molecule has 2 atom stereocenters. The van der Waals surface area contributed by atoms with Crippen LogP contribution < -0.4 is 4.74 Å². The summed E-state index contributed by atoms with van der Waals surface area (Å²) >= 11 is 1.50. The molecule has 2 heterocycles. The van der Waals surface area contributed by atoms with Crippen molar-refractivity contribution in [2.75, 3.05) is 13.7 Å². The molecule has 0 aliphatic carbocycles. The number of methoxy groups -OCH3 is 1. The van der Waals surface area contributed by atoms with Crippen LogP contribution in [0.5, 0.6) is 5.75 Å². The second-order valence-electron chi connectivity index (χ2n) is 7.83. The van der Waals surface area contributed by atoms with Crippen LogP contribution in [-0.4, -0.2) is 43.5 Å². The monoisotopic (exact) mass is 471 g/mol. The van der Waals surface area contributed by atoms with Gasteiger partial charge in [0.15, 0.2) is 0 Å². The molecule has 0 saturated carbocycles. The van der Waals surface area contributed by atoms with Gasteiger partial charge in [0.1, 0.15) is 11.8 Å². The van der Waals surface area contributed by atoms with E-state index in [9.17, 15) is 18.3 Å². The molecule has 1 aliphatic heterocycles. The lowest BCUT2D eigenvalue weighted by Crippen LogP contribution is -2.46. The lowest BCUT2D eigenvalue weighted by molar-refractivity contribution is -0.141. The molecule has 168 valence electrons. The minimum atomic E-state index is -4.01. The summed E-state index contributed by atoms with van der Waals surface area (Å²) in [7, 11) is -2.51. The van der Waals surface area contributed by atoms with Crippen molar-refractivity contribution in [1.29, 1.82) is 0 Å².